The van der Waals surface area contributed by atoms with Crippen molar-refractivity contribution in [2.45, 2.75) is 18.6 Å². The third kappa shape index (κ3) is 5.71. The molecule has 1 atom stereocenters. The minimum Gasteiger partial charge on any atom is -0.404 e. The standard InChI is InChI=1S/C25H27F2N3S/c1-2-25(17-29)14-19(15-28)24(30-23-8-6-21(26)7-9-23)13-20(25)10-11-31-16-18-4-3-5-22(27)12-18/h2-9,12-13,15H,1,10-11,14,16-17,28-29H2. The number of aliphatic imine (C=N–C) groups is 1. The molecule has 4 N–H and O–H groups in total. The van der Waals surface area contributed by atoms with Crippen LogP contribution in [-0.4, -0.2) is 18.0 Å². The Morgan fingerprint density at radius 1 is 1.13 bits per heavy atom. The van der Waals surface area contributed by atoms with Crippen molar-refractivity contribution in [3.63, 3.8) is 0 Å². The van der Waals surface area contributed by atoms with E-state index in [-0.39, 0.29) is 17.0 Å². The van der Waals surface area contributed by atoms with Crippen LogP contribution in [-0.2, 0) is 5.75 Å². The average molecular weight is 440 g/mol. The lowest BCUT2D eigenvalue weighted by molar-refractivity contribution is 0.457. The molecule has 2 aromatic rings. The smallest absolute Gasteiger partial charge is 0.123 e. The van der Waals surface area contributed by atoms with Crippen LogP contribution >= 0.6 is 11.8 Å². The van der Waals surface area contributed by atoms with Crippen molar-refractivity contribution >= 4 is 23.2 Å². The van der Waals surface area contributed by atoms with Gasteiger partial charge in [-0.25, -0.2) is 13.8 Å². The Kier molecular flexibility index (Phi) is 7.82. The number of rotatable bonds is 8. The van der Waals surface area contributed by atoms with Crippen LogP contribution in [0.4, 0.5) is 14.5 Å². The van der Waals surface area contributed by atoms with E-state index in [0.29, 0.717) is 18.7 Å². The highest BCUT2D eigenvalue weighted by atomic mass is 32.2. The molecule has 0 radical (unpaired) electrons. The minimum atomic E-state index is -0.383. The molecule has 6 heteroatoms. The largest absolute Gasteiger partial charge is 0.404 e. The molecule has 1 aliphatic carbocycles. The van der Waals surface area contributed by atoms with Crippen molar-refractivity contribution in [3.8, 4) is 0 Å². The number of halogens is 2. The first-order chi connectivity index (χ1) is 15.0. The summed E-state index contributed by atoms with van der Waals surface area (Å²) in [4.78, 5) is 4.68. The second kappa shape index (κ2) is 10.6. The highest BCUT2D eigenvalue weighted by molar-refractivity contribution is 7.98. The predicted octanol–water partition coefficient (Wildman–Crippen LogP) is 5.66. The van der Waals surface area contributed by atoms with Crippen LogP contribution in [0.5, 0.6) is 0 Å². The number of allylic oxidation sites excluding steroid dienone is 2. The van der Waals surface area contributed by atoms with Gasteiger partial charge in [-0.15, -0.1) is 6.58 Å². The lowest BCUT2D eigenvalue weighted by atomic mass is 9.69. The van der Waals surface area contributed by atoms with E-state index in [9.17, 15) is 8.78 Å². The van der Waals surface area contributed by atoms with E-state index in [0.717, 1.165) is 40.3 Å². The second-order valence-corrected chi connectivity index (χ2v) is 8.61. The van der Waals surface area contributed by atoms with Crippen LogP contribution in [0, 0.1) is 17.0 Å². The number of benzene rings is 2. The highest BCUT2D eigenvalue weighted by Crippen LogP contribution is 2.42. The summed E-state index contributed by atoms with van der Waals surface area (Å²) in [6.45, 7) is 4.45. The molecule has 0 spiro atoms. The molecule has 2 aromatic carbocycles. The van der Waals surface area contributed by atoms with Crippen molar-refractivity contribution in [2.24, 2.45) is 21.9 Å². The van der Waals surface area contributed by atoms with Crippen LogP contribution in [0.1, 0.15) is 18.4 Å². The summed E-state index contributed by atoms with van der Waals surface area (Å²) in [5.74, 6) is 1.06. The van der Waals surface area contributed by atoms with Gasteiger partial charge in [-0.3, -0.25) is 0 Å². The minimum absolute atomic E-state index is 0.218. The summed E-state index contributed by atoms with van der Waals surface area (Å²) in [6.07, 6.45) is 6.90. The van der Waals surface area contributed by atoms with E-state index < -0.39 is 0 Å². The molecule has 1 unspecified atom stereocenters. The van der Waals surface area contributed by atoms with E-state index in [1.807, 2.05) is 18.2 Å². The van der Waals surface area contributed by atoms with E-state index in [1.54, 1.807) is 42.2 Å². The Morgan fingerprint density at radius 3 is 2.55 bits per heavy atom. The number of nitrogens with two attached hydrogens (primary N) is 2. The lowest BCUT2D eigenvalue weighted by Crippen LogP contribution is -2.35. The van der Waals surface area contributed by atoms with Gasteiger partial charge >= 0.3 is 0 Å². The van der Waals surface area contributed by atoms with E-state index >= 15 is 0 Å². The topological polar surface area (TPSA) is 64.4 Å². The summed E-state index contributed by atoms with van der Waals surface area (Å²) in [5.41, 5.74) is 16.1. The number of thioether (sulfide) groups is 1. The predicted molar refractivity (Wildman–Crippen MR) is 127 cm³/mol. The van der Waals surface area contributed by atoms with Gasteiger partial charge in [0.25, 0.3) is 0 Å². The molecule has 1 aliphatic rings. The van der Waals surface area contributed by atoms with Gasteiger partial charge in [0.1, 0.15) is 11.6 Å². The van der Waals surface area contributed by atoms with Crippen molar-refractivity contribution in [1.82, 2.24) is 0 Å². The fourth-order valence-corrected chi connectivity index (χ4v) is 4.58. The maximum absolute atomic E-state index is 13.4. The Hall–Kier alpha value is -2.70. The van der Waals surface area contributed by atoms with Crippen molar-refractivity contribution in [3.05, 3.63) is 102 Å². The Morgan fingerprint density at radius 2 is 1.90 bits per heavy atom. The SMILES string of the molecule is C=CC1(CN)CC(=CN)C(=Nc2ccc(F)cc2)C=C1CCSCc1cccc(F)c1. The molecule has 31 heavy (non-hydrogen) atoms. The third-order valence-corrected chi connectivity index (χ3v) is 6.52. The first-order valence-corrected chi connectivity index (χ1v) is 11.3. The number of hydrogen-bond donors (Lipinski definition) is 2. The summed E-state index contributed by atoms with van der Waals surface area (Å²) >= 11 is 1.74. The molecule has 162 valence electrons. The Labute approximate surface area is 186 Å². The van der Waals surface area contributed by atoms with Crippen LogP contribution in [0.3, 0.4) is 0 Å². The van der Waals surface area contributed by atoms with E-state index in [4.69, 9.17) is 11.5 Å². The van der Waals surface area contributed by atoms with Gasteiger partial charge in [-0.1, -0.05) is 23.8 Å². The van der Waals surface area contributed by atoms with Gasteiger partial charge in [0.15, 0.2) is 0 Å². The summed E-state index contributed by atoms with van der Waals surface area (Å²) in [6, 6.07) is 12.7. The zero-order valence-corrected chi connectivity index (χ0v) is 18.2. The van der Waals surface area contributed by atoms with Crippen molar-refractivity contribution < 1.29 is 8.78 Å². The summed E-state index contributed by atoms with van der Waals surface area (Å²) in [7, 11) is 0. The van der Waals surface area contributed by atoms with Gasteiger partial charge in [0.05, 0.1) is 11.4 Å². The Balaban J connectivity index is 1.81. The first kappa shape index (κ1) is 23.0. The zero-order valence-electron chi connectivity index (χ0n) is 17.4. The third-order valence-electron chi connectivity index (χ3n) is 5.49. The molecule has 3 nitrogen and oxygen atoms in total. The Bertz CT molecular complexity index is 1010. The molecular formula is C25H27F2N3S. The van der Waals surface area contributed by atoms with Crippen LogP contribution < -0.4 is 11.5 Å². The maximum Gasteiger partial charge on any atom is 0.123 e. The normalized spacial score (nSPS) is 21.3. The number of hydrogen-bond acceptors (Lipinski definition) is 4. The van der Waals surface area contributed by atoms with Gasteiger partial charge in [-0.2, -0.15) is 11.8 Å². The van der Waals surface area contributed by atoms with Gasteiger partial charge in [0.2, 0.25) is 0 Å². The van der Waals surface area contributed by atoms with Crippen LogP contribution in [0.2, 0.25) is 0 Å². The second-order valence-electron chi connectivity index (χ2n) is 7.51. The fraction of sp³-hybridized carbons (Fsp3) is 0.240. The number of nitrogens with zero attached hydrogens (tertiary/aromatic N) is 1. The summed E-state index contributed by atoms with van der Waals surface area (Å²) < 4.78 is 26.6. The van der Waals surface area contributed by atoms with Crippen molar-refractivity contribution in [1.29, 1.82) is 0 Å². The zero-order chi connectivity index (χ0) is 22.3. The molecule has 0 aromatic heterocycles. The van der Waals surface area contributed by atoms with Gasteiger partial charge in [0, 0.05) is 17.7 Å². The van der Waals surface area contributed by atoms with E-state index in [1.165, 1.54) is 18.2 Å². The average Bonchev–Trinajstić information content (AvgIpc) is 2.78. The monoisotopic (exact) mass is 439 g/mol. The molecular weight excluding hydrogens is 412 g/mol. The van der Waals surface area contributed by atoms with Crippen LogP contribution in [0.25, 0.3) is 0 Å². The highest BCUT2D eigenvalue weighted by Gasteiger charge is 2.35. The molecule has 0 saturated carbocycles. The maximum atomic E-state index is 13.4. The molecule has 3 rings (SSSR count). The molecule has 0 aliphatic heterocycles. The van der Waals surface area contributed by atoms with Gasteiger partial charge < -0.3 is 11.5 Å². The van der Waals surface area contributed by atoms with Crippen LogP contribution in [0.15, 0.2) is 89.6 Å². The quantitative estimate of drug-likeness (QED) is 0.412. The molecule has 0 bridgehead atoms. The summed E-state index contributed by atoms with van der Waals surface area (Å²) in [5, 5.41) is 0. The first-order valence-electron chi connectivity index (χ1n) is 10.1. The molecule has 0 heterocycles. The molecule has 0 fully saturated rings. The lowest BCUT2D eigenvalue weighted by Gasteiger charge is -2.37. The van der Waals surface area contributed by atoms with Crippen molar-refractivity contribution in [2.75, 3.05) is 12.3 Å². The van der Waals surface area contributed by atoms with Gasteiger partial charge in [-0.05, 0) is 78.4 Å². The van der Waals surface area contributed by atoms with E-state index in [2.05, 4.69) is 11.6 Å². The molecule has 0 amide bonds. The fourth-order valence-electron chi connectivity index (χ4n) is 3.66. The molecule has 0 saturated heterocycles.